The lowest BCUT2D eigenvalue weighted by molar-refractivity contribution is -0.137. The molecule has 118 valence electrons. The molecular weight excluding hydrogens is 286 g/mol. The third-order valence-corrected chi connectivity index (χ3v) is 3.35. The van der Waals surface area contributed by atoms with Crippen LogP contribution >= 0.6 is 0 Å². The molecule has 0 aliphatic carbocycles. The highest BCUT2D eigenvalue weighted by Crippen LogP contribution is 2.16. The SMILES string of the molecule is Cc1nn(C)cc1C(C)NC(=O)c1ccnn1CCC(=O)O. The number of aryl methyl sites for hydroxylation is 3. The molecule has 22 heavy (non-hydrogen) atoms. The van der Waals surface area contributed by atoms with E-state index in [9.17, 15) is 9.59 Å². The van der Waals surface area contributed by atoms with Crippen molar-refractivity contribution in [1.82, 2.24) is 24.9 Å². The van der Waals surface area contributed by atoms with Gasteiger partial charge in [-0.2, -0.15) is 10.2 Å². The Kier molecular flexibility index (Phi) is 4.59. The molecule has 0 saturated heterocycles. The number of aromatic nitrogens is 4. The van der Waals surface area contributed by atoms with Crippen molar-refractivity contribution in [2.75, 3.05) is 0 Å². The predicted octanol–water partition coefficient (Wildman–Crippen LogP) is 0.891. The van der Waals surface area contributed by atoms with Crippen LogP contribution in [0.25, 0.3) is 0 Å². The first-order valence-corrected chi connectivity index (χ1v) is 6.93. The zero-order valence-electron chi connectivity index (χ0n) is 12.8. The number of hydrogen-bond donors (Lipinski definition) is 2. The summed E-state index contributed by atoms with van der Waals surface area (Å²) >= 11 is 0. The molecule has 1 atom stereocenters. The molecule has 0 spiro atoms. The Morgan fingerprint density at radius 2 is 2.18 bits per heavy atom. The molecule has 0 fully saturated rings. The van der Waals surface area contributed by atoms with E-state index in [4.69, 9.17) is 5.11 Å². The number of carbonyl (C=O) groups is 2. The normalized spacial score (nSPS) is 12.1. The summed E-state index contributed by atoms with van der Waals surface area (Å²) in [7, 11) is 1.83. The van der Waals surface area contributed by atoms with Crippen molar-refractivity contribution in [3.05, 3.63) is 35.4 Å². The van der Waals surface area contributed by atoms with Crippen molar-refractivity contribution in [1.29, 1.82) is 0 Å². The van der Waals surface area contributed by atoms with Gasteiger partial charge in [0, 0.05) is 25.0 Å². The summed E-state index contributed by atoms with van der Waals surface area (Å²) in [5.41, 5.74) is 2.14. The van der Waals surface area contributed by atoms with Crippen LogP contribution in [0.15, 0.2) is 18.5 Å². The average molecular weight is 305 g/mol. The van der Waals surface area contributed by atoms with Gasteiger partial charge in [-0.1, -0.05) is 0 Å². The van der Waals surface area contributed by atoms with Crippen LogP contribution in [0.1, 0.15) is 41.1 Å². The monoisotopic (exact) mass is 305 g/mol. The quantitative estimate of drug-likeness (QED) is 0.825. The Labute approximate surface area is 127 Å². The molecule has 2 aromatic heterocycles. The summed E-state index contributed by atoms with van der Waals surface area (Å²) in [5, 5.41) is 19.8. The second-order valence-electron chi connectivity index (χ2n) is 5.12. The van der Waals surface area contributed by atoms with E-state index < -0.39 is 5.97 Å². The number of carbonyl (C=O) groups excluding carboxylic acids is 1. The topological polar surface area (TPSA) is 102 Å². The highest BCUT2D eigenvalue weighted by molar-refractivity contribution is 5.92. The first-order chi connectivity index (χ1) is 10.4. The minimum atomic E-state index is -0.929. The summed E-state index contributed by atoms with van der Waals surface area (Å²) in [6.07, 6.45) is 3.26. The summed E-state index contributed by atoms with van der Waals surface area (Å²) in [5.74, 6) is -1.22. The number of hydrogen-bond acceptors (Lipinski definition) is 4. The van der Waals surface area contributed by atoms with Crippen LogP contribution in [0.4, 0.5) is 0 Å². The first-order valence-electron chi connectivity index (χ1n) is 6.93. The summed E-state index contributed by atoms with van der Waals surface area (Å²) in [6, 6.07) is 1.36. The van der Waals surface area contributed by atoms with E-state index >= 15 is 0 Å². The zero-order chi connectivity index (χ0) is 16.3. The molecule has 0 saturated carbocycles. The number of nitrogens with zero attached hydrogens (tertiary/aromatic N) is 4. The Hall–Kier alpha value is -2.64. The highest BCUT2D eigenvalue weighted by atomic mass is 16.4. The fraction of sp³-hybridized carbons (Fsp3) is 0.429. The summed E-state index contributed by atoms with van der Waals surface area (Å²) < 4.78 is 3.09. The van der Waals surface area contributed by atoms with E-state index in [1.54, 1.807) is 10.7 Å². The van der Waals surface area contributed by atoms with Crippen LogP contribution in [0.3, 0.4) is 0 Å². The minimum Gasteiger partial charge on any atom is -0.481 e. The Morgan fingerprint density at radius 3 is 2.77 bits per heavy atom. The van der Waals surface area contributed by atoms with E-state index in [0.717, 1.165) is 11.3 Å². The van der Waals surface area contributed by atoms with E-state index in [1.165, 1.54) is 10.9 Å². The third-order valence-electron chi connectivity index (χ3n) is 3.35. The van der Waals surface area contributed by atoms with E-state index in [0.29, 0.717) is 5.69 Å². The minimum absolute atomic E-state index is 0.0841. The number of carboxylic acids is 1. The van der Waals surface area contributed by atoms with Gasteiger partial charge < -0.3 is 10.4 Å². The molecule has 0 aliphatic heterocycles. The smallest absolute Gasteiger partial charge is 0.305 e. The predicted molar refractivity (Wildman–Crippen MR) is 78.3 cm³/mol. The summed E-state index contributed by atoms with van der Waals surface area (Å²) in [6.45, 7) is 3.92. The first kappa shape index (κ1) is 15.7. The van der Waals surface area contributed by atoms with Crippen molar-refractivity contribution >= 4 is 11.9 Å². The second-order valence-corrected chi connectivity index (χ2v) is 5.12. The lowest BCUT2D eigenvalue weighted by Crippen LogP contribution is -2.29. The maximum Gasteiger partial charge on any atom is 0.305 e. The van der Waals surface area contributed by atoms with Gasteiger partial charge in [0.2, 0.25) is 0 Å². The maximum absolute atomic E-state index is 12.3. The van der Waals surface area contributed by atoms with Gasteiger partial charge in [-0.25, -0.2) is 0 Å². The molecule has 1 unspecified atom stereocenters. The van der Waals surface area contributed by atoms with Crippen LogP contribution in [0.5, 0.6) is 0 Å². The molecule has 8 heteroatoms. The van der Waals surface area contributed by atoms with Crippen molar-refractivity contribution in [2.45, 2.75) is 32.9 Å². The number of nitrogens with one attached hydrogen (secondary N) is 1. The summed E-state index contributed by atoms with van der Waals surface area (Å²) in [4.78, 5) is 23.0. The molecule has 0 radical (unpaired) electrons. The molecule has 8 nitrogen and oxygen atoms in total. The number of rotatable bonds is 6. The molecule has 2 heterocycles. The zero-order valence-corrected chi connectivity index (χ0v) is 12.8. The van der Waals surface area contributed by atoms with Gasteiger partial charge in [0.15, 0.2) is 0 Å². The van der Waals surface area contributed by atoms with Gasteiger partial charge in [0.05, 0.1) is 24.7 Å². The fourth-order valence-corrected chi connectivity index (χ4v) is 2.30. The van der Waals surface area contributed by atoms with Gasteiger partial charge in [-0.05, 0) is 19.9 Å². The molecule has 1 amide bonds. The lowest BCUT2D eigenvalue weighted by atomic mass is 10.1. The Bertz CT molecular complexity index is 688. The molecule has 0 aromatic carbocycles. The van der Waals surface area contributed by atoms with Crippen molar-refractivity contribution < 1.29 is 14.7 Å². The van der Waals surface area contributed by atoms with Crippen LogP contribution in [0, 0.1) is 6.92 Å². The van der Waals surface area contributed by atoms with Crippen LogP contribution in [0.2, 0.25) is 0 Å². The molecule has 0 aliphatic rings. The van der Waals surface area contributed by atoms with E-state index in [1.807, 2.05) is 27.1 Å². The molecule has 2 aromatic rings. The molecule has 2 N–H and O–H groups in total. The van der Waals surface area contributed by atoms with Gasteiger partial charge in [0.25, 0.3) is 5.91 Å². The van der Waals surface area contributed by atoms with Crippen molar-refractivity contribution in [2.24, 2.45) is 7.05 Å². The molecule has 0 bridgehead atoms. The van der Waals surface area contributed by atoms with Gasteiger partial charge >= 0.3 is 5.97 Å². The third kappa shape index (κ3) is 3.51. The van der Waals surface area contributed by atoms with Crippen LogP contribution in [-0.2, 0) is 18.4 Å². The lowest BCUT2D eigenvalue weighted by Gasteiger charge is -2.14. The van der Waals surface area contributed by atoms with Gasteiger partial charge in [-0.3, -0.25) is 19.0 Å². The Morgan fingerprint density at radius 1 is 1.45 bits per heavy atom. The standard InChI is InChI=1S/C14H19N5O3/c1-9(11-8-18(3)17-10(11)2)16-14(22)12-4-6-15-19(12)7-5-13(20)21/h4,6,8-9H,5,7H2,1-3H3,(H,16,22)(H,20,21). The van der Waals surface area contributed by atoms with Crippen molar-refractivity contribution in [3.8, 4) is 0 Å². The second kappa shape index (κ2) is 6.42. The van der Waals surface area contributed by atoms with Crippen molar-refractivity contribution in [3.63, 3.8) is 0 Å². The highest BCUT2D eigenvalue weighted by Gasteiger charge is 2.18. The van der Waals surface area contributed by atoms with Gasteiger partial charge in [0.1, 0.15) is 5.69 Å². The number of amides is 1. The van der Waals surface area contributed by atoms with E-state index in [-0.39, 0.29) is 24.9 Å². The largest absolute Gasteiger partial charge is 0.481 e. The number of carboxylic acid groups (broad SMARTS) is 1. The molecular formula is C14H19N5O3. The average Bonchev–Trinajstić information content (AvgIpc) is 3.02. The Balaban J connectivity index is 2.07. The fourth-order valence-electron chi connectivity index (χ4n) is 2.30. The van der Waals surface area contributed by atoms with E-state index in [2.05, 4.69) is 15.5 Å². The molecule has 2 rings (SSSR count). The van der Waals surface area contributed by atoms with Crippen LogP contribution in [-0.4, -0.2) is 36.5 Å². The van der Waals surface area contributed by atoms with Crippen LogP contribution < -0.4 is 5.32 Å². The van der Waals surface area contributed by atoms with Gasteiger partial charge in [-0.15, -0.1) is 0 Å². The number of aliphatic carboxylic acids is 1. The maximum atomic E-state index is 12.3.